The zero-order valence-corrected chi connectivity index (χ0v) is 13.8. The quantitative estimate of drug-likeness (QED) is 0.577. The number of benzene rings is 2. The third-order valence-electron chi connectivity index (χ3n) is 1.72. The fraction of sp³-hybridized carbons (Fsp3) is 0. The zero-order chi connectivity index (χ0) is 13.4. The molecule has 0 aromatic heterocycles. The predicted octanol–water partition coefficient (Wildman–Crippen LogP) is 6.23. The van der Waals surface area contributed by atoms with Gasteiger partial charge in [0.15, 0.2) is 0 Å². The molecule has 0 spiro atoms. The Hall–Kier alpha value is 0.114. The average Bonchev–Trinajstić information content (AvgIpc) is 2.29. The Labute approximate surface area is 125 Å². The van der Waals surface area contributed by atoms with Crippen LogP contribution in [0.1, 0.15) is 0 Å². The Morgan fingerprint density at radius 3 is 1.17 bits per heavy atom. The van der Waals surface area contributed by atoms with Gasteiger partial charge in [-0.05, 0) is 24.3 Å². The van der Waals surface area contributed by atoms with E-state index < -0.39 is 12.3 Å². The molecule has 0 unspecified atom stereocenters. The Morgan fingerprint density at radius 2 is 0.889 bits per heavy atom. The second-order valence-electron chi connectivity index (χ2n) is 3.16. The van der Waals surface area contributed by atoms with Crippen LogP contribution in [0.15, 0.2) is 60.7 Å². The van der Waals surface area contributed by atoms with Gasteiger partial charge in [0.2, 0.25) is 0 Å². The van der Waals surface area contributed by atoms with Gasteiger partial charge >= 0.3 is 49.6 Å². The first-order chi connectivity index (χ1) is 8.45. The monoisotopic (exact) mass is 358 g/mol. The summed E-state index contributed by atoms with van der Waals surface area (Å²) in [6.45, 7) is 0. The van der Waals surface area contributed by atoms with Gasteiger partial charge in [-0.15, -0.1) is 0 Å². The summed E-state index contributed by atoms with van der Waals surface area (Å²) in [4.78, 5) is 0. The summed E-state index contributed by atoms with van der Waals surface area (Å²) in [5, 5.41) is 0. The molecule has 0 heterocycles. The van der Waals surface area contributed by atoms with Gasteiger partial charge in [-0.2, -0.15) is 0 Å². The van der Waals surface area contributed by atoms with E-state index in [1.54, 1.807) is 0 Å². The molecule has 1 nitrogen and oxygen atoms in total. The van der Waals surface area contributed by atoms with E-state index >= 15 is 0 Å². The number of ether oxygens (including phenoxy) is 1. The summed E-state index contributed by atoms with van der Waals surface area (Å²) in [6.07, 6.45) is 0. The largest absolute Gasteiger partial charge is 0.457 e. The topological polar surface area (TPSA) is 9.23 Å². The second-order valence-corrected chi connectivity index (χ2v) is 18.6. The van der Waals surface area contributed by atoms with Crippen LogP contribution in [-0.4, -0.2) is 0 Å². The minimum Gasteiger partial charge on any atom is -0.457 e. The minimum absolute atomic E-state index is 0.869. The Bertz CT molecular complexity index is 401. The van der Waals surface area contributed by atoms with E-state index in [9.17, 15) is 0 Å². The SMILES string of the molecule is [Cl][Ti]([Cl])([Cl])[Cl].c1ccc(Oc2ccccc2)cc1. The van der Waals surface area contributed by atoms with Crippen molar-refractivity contribution in [1.82, 2.24) is 0 Å². The predicted molar refractivity (Wildman–Crippen MR) is 76.4 cm³/mol. The van der Waals surface area contributed by atoms with E-state index in [0.29, 0.717) is 0 Å². The van der Waals surface area contributed by atoms with Crippen LogP contribution >= 0.6 is 37.2 Å². The number of para-hydroxylation sites is 2. The smallest absolute Gasteiger partial charge is 0.127 e. The van der Waals surface area contributed by atoms with Crippen molar-refractivity contribution in [2.45, 2.75) is 0 Å². The molecule has 0 N–H and O–H groups in total. The average molecular weight is 360 g/mol. The van der Waals surface area contributed by atoms with Crippen molar-refractivity contribution in [3.63, 3.8) is 0 Å². The zero-order valence-electron chi connectivity index (χ0n) is 9.19. The van der Waals surface area contributed by atoms with E-state index in [2.05, 4.69) is 0 Å². The summed E-state index contributed by atoms with van der Waals surface area (Å²) in [6, 6.07) is 19.5. The van der Waals surface area contributed by atoms with Crippen molar-refractivity contribution in [2.75, 3.05) is 0 Å². The van der Waals surface area contributed by atoms with Crippen LogP contribution in [0.3, 0.4) is 0 Å². The third kappa shape index (κ3) is 9.10. The molecule has 0 aliphatic heterocycles. The van der Waals surface area contributed by atoms with Crippen LogP contribution in [0.2, 0.25) is 0 Å². The fourth-order valence-corrected chi connectivity index (χ4v) is 1.11. The van der Waals surface area contributed by atoms with Gasteiger partial charge in [0.25, 0.3) is 0 Å². The van der Waals surface area contributed by atoms with Crippen molar-refractivity contribution >= 4 is 37.2 Å². The molecule has 0 radical (unpaired) electrons. The van der Waals surface area contributed by atoms with Gasteiger partial charge in [0.1, 0.15) is 11.5 Å². The molecule has 0 fully saturated rings. The molecule has 0 atom stereocenters. The summed E-state index contributed by atoms with van der Waals surface area (Å²) < 4.78 is 5.58. The van der Waals surface area contributed by atoms with Gasteiger partial charge in [-0.3, -0.25) is 0 Å². The van der Waals surface area contributed by atoms with Gasteiger partial charge in [0.05, 0.1) is 0 Å². The molecule has 96 valence electrons. The summed E-state index contributed by atoms with van der Waals surface area (Å²) in [7, 11) is 20.1. The summed E-state index contributed by atoms with van der Waals surface area (Å²) in [5.41, 5.74) is 0. The first-order valence-corrected chi connectivity index (χ1v) is 13.6. The Morgan fingerprint density at radius 1 is 0.611 bits per heavy atom. The van der Waals surface area contributed by atoms with E-state index in [4.69, 9.17) is 42.0 Å². The van der Waals surface area contributed by atoms with E-state index in [-0.39, 0.29) is 0 Å². The first-order valence-electron chi connectivity index (χ1n) is 4.99. The maximum absolute atomic E-state index is 5.58. The van der Waals surface area contributed by atoms with E-state index in [1.807, 2.05) is 60.7 Å². The third-order valence-corrected chi connectivity index (χ3v) is 1.72. The number of hydrogen-bond donors (Lipinski definition) is 0. The number of halogens is 4. The molecule has 0 saturated heterocycles. The van der Waals surface area contributed by atoms with Crippen LogP contribution in [0.5, 0.6) is 11.5 Å². The molecule has 0 amide bonds. The first kappa shape index (κ1) is 16.2. The molecular weight excluding hydrogens is 350 g/mol. The van der Waals surface area contributed by atoms with Gasteiger partial charge in [-0.25, -0.2) is 0 Å². The minimum atomic E-state index is -3.11. The van der Waals surface area contributed by atoms with Crippen LogP contribution in [0.4, 0.5) is 0 Å². The van der Waals surface area contributed by atoms with E-state index in [1.165, 1.54) is 0 Å². The standard InChI is InChI=1S/C12H10O.4ClH.Ti/c1-3-7-11(8-4-1)13-12-9-5-2-6-10-12;;;;;/h1-10H;4*1H;/q;;;;;+4/p-4. The number of hydrogen-bond acceptors (Lipinski definition) is 1. The van der Waals surface area contributed by atoms with Crippen molar-refractivity contribution in [1.29, 1.82) is 0 Å². The molecule has 0 bridgehead atoms. The molecule has 2 aromatic carbocycles. The summed E-state index contributed by atoms with van der Waals surface area (Å²) >= 11 is -3.11. The van der Waals surface area contributed by atoms with Crippen molar-refractivity contribution in [3.05, 3.63) is 60.7 Å². The fourth-order valence-electron chi connectivity index (χ4n) is 1.11. The molecule has 18 heavy (non-hydrogen) atoms. The Balaban J connectivity index is 0.000000280. The van der Waals surface area contributed by atoms with Crippen LogP contribution < -0.4 is 4.74 Å². The van der Waals surface area contributed by atoms with Crippen molar-refractivity contribution in [2.24, 2.45) is 0 Å². The van der Waals surface area contributed by atoms with Gasteiger partial charge < -0.3 is 4.74 Å². The van der Waals surface area contributed by atoms with Crippen LogP contribution in [0.25, 0.3) is 0 Å². The molecule has 0 saturated carbocycles. The van der Waals surface area contributed by atoms with Gasteiger partial charge in [-0.1, -0.05) is 36.4 Å². The summed E-state index contributed by atoms with van der Waals surface area (Å²) in [5.74, 6) is 1.74. The molecule has 6 heteroatoms. The molecule has 2 aromatic rings. The number of rotatable bonds is 2. The van der Waals surface area contributed by atoms with Crippen LogP contribution in [-0.2, 0) is 12.3 Å². The van der Waals surface area contributed by atoms with Crippen LogP contribution in [0, 0.1) is 0 Å². The molecular formula is C12H10Cl4OTi. The molecule has 2 rings (SSSR count). The maximum atomic E-state index is 5.58. The maximum Gasteiger partial charge on any atom is 0.127 e. The Kier molecular flexibility index (Phi) is 7.47. The molecule has 0 aliphatic carbocycles. The van der Waals surface area contributed by atoms with Crippen molar-refractivity contribution < 1.29 is 17.1 Å². The van der Waals surface area contributed by atoms with E-state index in [0.717, 1.165) is 11.5 Å². The normalized spacial score (nSPS) is 10.2. The van der Waals surface area contributed by atoms with Gasteiger partial charge in [0, 0.05) is 0 Å². The second kappa shape index (κ2) is 8.32. The molecule has 0 aliphatic rings. The van der Waals surface area contributed by atoms with Crippen molar-refractivity contribution in [3.8, 4) is 11.5 Å².